The predicted octanol–water partition coefficient (Wildman–Crippen LogP) is 4.53. The monoisotopic (exact) mass is 498 g/mol. The maximum atomic E-state index is 14.3. The number of halogens is 2. The van der Waals surface area contributed by atoms with E-state index in [1.165, 1.54) is 24.4 Å². The smallest absolute Gasteiger partial charge is 0.317 e. The van der Waals surface area contributed by atoms with E-state index in [1.54, 1.807) is 17.0 Å². The van der Waals surface area contributed by atoms with Gasteiger partial charge < -0.3 is 15.4 Å². The van der Waals surface area contributed by atoms with Crippen molar-refractivity contribution < 1.29 is 23.1 Å². The number of primary amides is 1. The molecule has 7 nitrogen and oxygen atoms in total. The lowest BCUT2D eigenvalue weighted by Gasteiger charge is -2.70. The van der Waals surface area contributed by atoms with Crippen LogP contribution in [0.25, 0.3) is 0 Å². The molecule has 3 saturated carbocycles. The minimum absolute atomic E-state index is 0.0542. The summed E-state index contributed by atoms with van der Waals surface area (Å²) in [5, 5.41) is 0. The minimum atomic E-state index is -1.06. The Labute approximate surface area is 209 Å². The summed E-state index contributed by atoms with van der Waals surface area (Å²) in [6.07, 6.45) is 8.43. The third-order valence-electron chi connectivity index (χ3n) is 8.06. The number of hydrogen-bond donors (Lipinski definition) is 1. The molecule has 3 aliphatic carbocycles. The van der Waals surface area contributed by atoms with E-state index in [0.29, 0.717) is 12.2 Å². The summed E-state index contributed by atoms with van der Waals surface area (Å²) in [5.74, 6) is -0.916. The normalized spacial score (nSPS) is 28.3. The van der Waals surface area contributed by atoms with E-state index in [4.69, 9.17) is 10.5 Å². The van der Waals surface area contributed by atoms with Crippen LogP contribution >= 0.6 is 0 Å². The van der Waals surface area contributed by atoms with Gasteiger partial charge in [0.05, 0.1) is 24.6 Å². The van der Waals surface area contributed by atoms with Crippen LogP contribution in [0.5, 0.6) is 6.01 Å². The van der Waals surface area contributed by atoms with Crippen LogP contribution in [0, 0.1) is 16.6 Å². The summed E-state index contributed by atoms with van der Waals surface area (Å²) in [5.41, 5.74) is 5.96. The number of carbonyl (C=O) groups excluding carboxylic acids is 2. The number of nitrogens with zero attached hydrogens (tertiary/aromatic N) is 3. The number of nitrogens with two attached hydrogens (primary N) is 1. The fourth-order valence-corrected chi connectivity index (χ4v) is 6.50. The Kier molecular flexibility index (Phi) is 6.66. The van der Waals surface area contributed by atoms with Gasteiger partial charge in [-0.1, -0.05) is 31.4 Å². The van der Waals surface area contributed by atoms with Gasteiger partial charge in [-0.05, 0) is 61.3 Å². The second-order valence-electron chi connectivity index (χ2n) is 10.8. The first kappa shape index (κ1) is 24.6. The Hall–Kier alpha value is -3.10. The SMILES string of the molecule is NC(=O)c1ccnc(OCCCCCCC23CC(C(=O)N4CC(F)CC4c4cccc(F)c4)(C2)C3)n1. The molecule has 6 rings (SSSR count). The highest BCUT2D eigenvalue weighted by molar-refractivity contribution is 5.90. The van der Waals surface area contributed by atoms with Gasteiger partial charge in [-0.25, -0.2) is 13.8 Å². The van der Waals surface area contributed by atoms with Crippen molar-refractivity contribution in [2.75, 3.05) is 13.2 Å². The fraction of sp³-hybridized carbons (Fsp3) is 0.556. The summed E-state index contributed by atoms with van der Waals surface area (Å²) in [6, 6.07) is 7.42. The van der Waals surface area contributed by atoms with E-state index in [9.17, 15) is 18.4 Å². The maximum absolute atomic E-state index is 14.3. The quantitative estimate of drug-likeness (QED) is 0.459. The van der Waals surface area contributed by atoms with Crippen LogP contribution < -0.4 is 10.5 Å². The third-order valence-corrected chi connectivity index (χ3v) is 8.06. The number of aromatic nitrogens is 2. The standard InChI is InChI=1S/C27H32F2N4O3/c28-19-7-5-6-18(12-19)22-13-20(29)14-33(22)24(35)27-15-26(16-27,17-27)9-3-1-2-4-11-36-25-31-10-8-21(32-25)23(30)34/h5-8,10,12,20,22H,1-4,9,11,13-17H2,(H2,30,34). The first-order valence-corrected chi connectivity index (χ1v) is 12.8. The number of hydrogen-bond acceptors (Lipinski definition) is 5. The number of rotatable bonds is 11. The van der Waals surface area contributed by atoms with Crippen LogP contribution in [0.1, 0.15) is 79.9 Å². The van der Waals surface area contributed by atoms with Crippen LogP contribution in [-0.2, 0) is 4.79 Å². The van der Waals surface area contributed by atoms with E-state index in [-0.39, 0.29) is 53.3 Å². The molecule has 2 atom stereocenters. The number of likely N-dealkylation sites (tertiary alicyclic amines) is 1. The number of unbranched alkanes of at least 4 members (excludes halogenated alkanes) is 3. The van der Waals surface area contributed by atoms with Gasteiger partial charge in [0, 0.05) is 12.6 Å². The molecule has 2 amide bonds. The number of ether oxygens (including phenoxy) is 1. The average molecular weight is 499 g/mol. The van der Waals surface area contributed by atoms with Crippen LogP contribution in [-0.4, -0.2) is 46.0 Å². The Morgan fingerprint density at radius 1 is 1.14 bits per heavy atom. The summed E-state index contributed by atoms with van der Waals surface area (Å²) in [7, 11) is 0. The molecule has 36 heavy (non-hydrogen) atoms. The van der Waals surface area contributed by atoms with Gasteiger partial charge in [0.1, 0.15) is 17.7 Å². The van der Waals surface area contributed by atoms with E-state index in [0.717, 1.165) is 51.4 Å². The summed E-state index contributed by atoms with van der Waals surface area (Å²) in [4.78, 5) is 34.2. The molecular weight excluding hydrogens is 466 g/mol. The minimum Gasteiger partial charge on any atom is -0.463 e. The molecule has 2 aromatic rings. The van der Waals surface area contributed by atoms with Gasteiger partial charge in [-0.3, -0.25) is 9.59 Å². The van der Waals surface area contributed by atoms with Gasteiger partial charge in [-0.2, -0.15) is 4.98 Å². The van der Waals surface area contributed by atoms with Gasteiger partial charge in [0.15, 0.2) is 0 Å². The Morgan fingerprint density at radius 3 is 2.67 bits per heavy atom. The number of alkyl halides is 1. The van der Waals surface area contributed by atoms with Crippen molar-refractivity contribution in [3.05, 3.63) is 53.6 Å². The van der Waals surface area contributed by atoms with Crippen LogP contribution in [0.2, 0.25) is 0 Å². The van der Waals surface area contributed by atoms with Crippen molar-refractivity contribution in [3.63, 3.8) is 0 Å². The number of amides is 2. The highest BCUT2D eigenvalue weighted by Crippen LogP contribution is 2.76. The zero-order chi connectivity index (χ0) is 25.3. The number of carbonyl (C=O) groups is 2. The second-order valence-corrected chi connectivity index (χ2v) is 10.8. The van der Waals surface area contributed by atoms with E-state index >= 15 is 0 Å². The third kappa shape index (κ3) is 4.80. The van der Waals surface area contributed by atoms with Gasteiger partial charge in [-0.15, -0.1) is 0 Å². The largest absolute Gasteiger partial charge is 0.463 e. The van der Waals surface area contributed by atoms with Gasteiger partial charge in [0.2, 0.25) is 5.91 Å². The molecular formula is C27H32F2N4O3. The molecule has 1 aromatic heterocycles. The van der Waals surface area contributed by atoms with E-state index in [2.05, 4.69) is 9.97 Å². The Bertz CT molecular complexity index is 1120. The first-order chi connectivity index (χ1) is 17.3. The topological polar surface area (TPSA) is 98.4 Å². The first-order valence-electron chi connectivity index (χ1n) is 12.8. The van der Waals surface area contributed by atoms with Crippen molar-refractivity contribution in [2.45, 2.75) is 70.0 Å². The molecule has 1 aromatic carbocycles. The molecule has 1 aliphatic heterocycles. The fourth-order valence-electron chi connectivity index (χ4n) is 6.50. The highest BCUT2D eigenvalue weighted by atomic mass is 19.1. The molecule has 4 fully saturated rings. The molecule has 2 heterocycles. The van der Waals surface area contributed by atoms with Gasteiger partial charge >= 0.3 is 6.01 Å². The summed E-state index contributed by atoms with van der Waals surface area (Å²) in [6.45, 7) is 0.581. The summed E-state index contributed by atoms with van der Waals surface area (Å²) >= 11 is 0. The molecule has 2 bridgehead atoms. The molecule has 192 valence electrons. The van der Waals surface area contributed by atoms with Gasteiger partial charge in [0.25, 0.3) is 5.91 Å². The van der Waals surface area contributed by atoms with E-state index in [1.807, 2.05) is 0 Å². The highest BCUT2D eigenvalue weighted by Gasteiger charge is 2.71. The van der Waals surface area contributed by atoms with Crippen LogP contribution in [0.15, 0.2) is 36.5 Å². The molecule has 2 N–H and O–H groups in total. The second kappa shape index (κ2) is 9.75. The van der Waals surface area contributed by atoms with E-state index < -0.39 is 12.1 Å². The zero-order valence-electron chi connectivity index (χ0n) is 20.3. The lowest BCUT2D eigenvalue weighted by molar-refractivity contribution is -0.220. The Morgan fingerprint density at radius 2 is 1.92 bits per heavy atom. The van der Waals surface area contributed by atoms with Crippen LogP contribution in [0.3, 0.4) is 0 Å². The summed E-state index contributed by atoms with van der Waals surface area (Å²) < 4.78 is 33.5. The van der Waals surface area contributed by atoms with Crippen molar-refractivity contribution in [1.82, 2.24) is 14.9 Å². The van der Waals surface area contributed by atoms with Crippen molar-refractivity contribution in [2.24, 2.45) is 16.6 Å². The molecule has 2 unspecified atom stereocenters. The lowest BCUT2D eigenvalue weighted by atomic mass is 9.33. The zero-order valence-corrected chi connectivity index (χ0v) is 20.3. The predicted molar refractivity (Wildman–Crippen MR) is 128 cm³/mol. The number of benzene rings is 1. The lowest BCUT2D eigenvalue weighted by Crippen LogP contribution is -2.68. The molecule has 0 radical (unpaired) electrons. The Balaban J connectivity index is 1.02. The van der Waals surface area contributed by atoms with Crippen LogP contribution in [0.4, 0.5) is 8.78 Å². The maximum Gasteiger partial charge on any atom is 0.317 e. The molecule has 4 aliphatic rings. The van der Waals surface area contributed by atoms with Crippen molar-refractivity contribution in [1.29, 1.82) is 0 Å². The average Bonchev–Trinajstić information content (AvgIpc) is 3.20. The van der Waals surface area contributed by atoms with Crippen molar-refractivity contribution in [3.8, 4) is 6.01 Å². The molecule has 0 spiro atoms. The molecule has 1 saturated heterocycles. The molecule has 9 heteroatoms. The van der Waals surface area contributed by atoms with Crippen molar-refractivity contribution >= 4 is 11.8 Å².